The molecule has 0 fully saturated rings. The minimum absolute atomic E-state index is 0.0426. The number of nitrogens with one attached hydrogen (secondary N) is 2. The second kappa shape index (κ2) is 8.61. The van der Waals surface area contributed by atoms with Gasteiger partial charge in [-0.1, -0.05) is 0 Å². The highest BCUT2D eigenvalue weighted by Gasteiger charge is 2.23. The third-order valence-corrected chi connectivity index (χ3v) is 3.63. The fraction of sp³-hybridized carbons (Fsp3) is 0.235. The van der Waals surface area contributed by atoms with Gasteiger partial charge in [0.1, 0.15) is 12.4 Å². The van der Waals surface area contributed by atoms with Crippen LogP contribution >= 0.6 is 0 Å². The summed E-state index contributed by atoms with van der Waals surface area (Å²) < 4.78 is 5.97. The second-order valence-corrected chi connectivity index (χ2v) is 5.61. The first-order valence-corrected chi connectivity index (χ1v) is 7.89. The number of ether oxygens (including phenoxy) is 1. The van der Waals surface area contributed by atoms with Crippen LogP contribution in [0, 0.1) is 0 Å². The van der Waals surface area contributed by atoms with Crippen LogP contribution in [0.25, 0.3) is 0 Å². The number of esters is 1. The Morgan fingerprint density at radius 3 is 2.41 bits per heavy atom. The fourth-order valence-electron chi connectivity index (χ4n) is 2.23. The first-order valence-electron chi connectivity index (χ1n) is 7.89. The molecule has 1 aromatic carbocycles. The summed E-state index contributed by atoms with van der Waals surface area (Å²) in [7, 11) is 1.20. The molecule has 142 valence electrons. The van der Waals surface area contributed by atoms with Crippen molar-refractivity contribution in [2.24, 2.45) is 5.73 Å². The van der Waals surface area contributed by atoms with Crippen molar-refractivity contribution in [2.45, 2.75) is 19.4 Å². The molecule has 0 spiro atoms. The summed E-state index contributed by atoms with van der Waals surface area (Å²) in [6, 6.07) is 4.27. The number of rotatable bonds is 6. The predicted molar refractivity (Wildman–Crippen MR) is 95.1 cm³/mol. The maximum atomic E-state index is 12.2. The molecule has 0 aliphatic heterocycles. The first kappa shape index (κ1) is 19.6. The number of nitrogens with two attached hydrogens (primary N) is 1. The van der Waals surface area contributed by atoms with Gasteiger partial charge in [0.25, 0.3) is 0 Å². The van der Waals surface area contributed by atoms with E-state index >= 15 is 0 Å². The van der Waals surface area contributed by atoms with Crippen LogP contribution in [0.3, 0.4) is 0 Å². The average molecular weight is 373 g/mol. The van der Waals surface area contributed by atoms with E-state index < -0.39 is 23.9 Å². The van der Waals surface area contributed by atoms with Crippen molar-refractivity contribution in [2.75, 3.05) is 12.4 Å². The molecular formula is C17H19N5O5. The lowest BCUT2D eigenvalue weighted by molar-refractivity contribution is -0.142. The van der Waals surface area contributed by atoms with Gasteiger partial charge in [-0.15, -0.1) is 0 Å². The Kier molecular flexibility index (Phi) is 6.26. The number of hydrogen-bond acceptors (Lipinski definition) is 6. The number of nitrogens with zero attached hydrogens (tertiary/aromatic N) is 2. The Morgan fingerprint density at radius 1 is 1.22 bits per heavy atom. The fourth-order valence-corrected chi connectivity index (χ4v) is 2.23. The van der Waals surface area contributed by atoms with E-state index in [1.807, 2.05) is 0 Å². The van der Waals surface area contributed by atoms with E-state index in [0.29, 0.717) is 16.9 Å². The monoisotopic (exact) mass is 373 g/mol. The van der Waals surface area contributed by atoms with Crippen molar-refractivity contribution in [1.82, 2.24) is 14.9 Å². The van der Waals surface area contributed by atoms with Gasteiger partial charge in [0, 0.05) is 30.8 Å². The van der Waals surface area contributed by atoms with Gasteiger partial charge in [0.05, 0.1) is 12.8 Å². The van der Waals surface area contributed by atoms with Gasteiger partial charge in [-0.25, -0.2) is 14.6 Å². The molecule has 0 aliphatic carbocycles. The first-order chi connectivity index (χ1) is 12.8. The zero-order valence-electron chi connectivity index (χ0n) is 14.8. The number of urea groups is 1. The van der Waals surface area contributed by atoms with E-state index in [2.05, 4.69) is 15.6 Å². The van der Waals surface area contributed by atoms with Crippen LogP contribution in [0.4, 0.5) is 10.5 Å². The largest absolute Gasteiger partial charge is 0.467 e. The summed E-state index contributed by atoms with van der Waals surface area (Å²) in [5.74, 6) is -1.47. The van der Waals surface area contributed by atoms with Crippen LogP contribution in [0.5, 0.6) is 0 Å². The summed E-state index contributed by atoms with van der Waals surface area (Å²) >= 11 is 0. The van der Waals surface area contributed by atoms with Crippen LogP contribution in [-0.4, -0.2) is 46.5 Å². The van der Waals surface area contributed by atoms with Gasteiger partial charge in [-0.3, -0.25) is 14.2 Å². The zero-order chi connectivity index (χ0) is 20.0. The topological polar surface area (TPSA) is 145 Å². The quantitative estimate of drug-likeness (QED) is 0.630. The SMILES string of the molecule is COC(=O)C(Cc1cn(C(C)=O)cn1)NC(=O)Nc1ccc(C(N)=O)cc1. The summed E-state index contributed by atoms with van der Waals surface area (Å²) in [6.45, 7) is 1.37. The maximum Gasteiger partial charge on any atom is 0.328 e. The molecule has 1 heterocycles. The van der Waals surface area contributed by atoms with Gasteiger partial charge < -0.3 is 21.1 Å². The number of imidazole rings is 1. The van der Waals surface area contributed by atoms with Gasteiger partial charge in [0.15, 0.2) is 0 Å². The third-order valence-electron chi connectivity index (χ3n) is 3.63. The Labute approximate surface area is 154 Å². The van der Waals surface area contributed by atoms with E-state index in [1.165, 1.54) is 55.4 Å². The van der Waals surface area contributed by atoms with Crippen molar-refractivity contribution in [3.63, 3.8) is 0 Å². The number of carbonyl (C=O) groups excluding carboxylic acids is 4. The molecule has 1 unspecified atom stereocenters. The van der Waals surface area contributed by atoms with Crippen molar-refractivity contribution >= 4 is 29.5 Å². The van der Waals surface area contributed by atoms with Crippen LogP contribution in [0.2, 0.25) is 0 Å². The number of carbonyl (C=O) groups is 4. The molecule has 27 heavy (non-hydrogen) atoms. The van der Waals surface area contributed by atoms with E-state index in [-0.39, 0.29) is 12.3 Å². The summed E-state index contributed by atoms with van der Waals surface area (Å²) in [4.78, 5) is 50.5. The standard InChI is InChI=1S/C17H19N5O5/c1-10(23)22-8-13(19-9-22)7-14(16(25)27-2)21-17(26)20-12-5-3-11(4-6-12)15(18)24/h3-6,8-9,14H,7H2,1-2H3,(H2,18,24)(H2,20,21,26). The van der Waals surface area contributed by atoms with Crippen LogP contribution < -0.4 is 16.4 Å². The summed E-state index contributed by atoms with van der Waals surface area (Å²) in [5.41, 5.74) is 6.30. The molecule has 0 radical (unpaired) electrons. The van der Waals surface area contributed by atoms with E-state index in [4.69, 9.17) is 10.5 Å². The molecule has 0 saturated heterocycles. The molecule has 1 aromatic heterocycles. The molecule has 1 atom stereocenters. The predicted octanol–water partition coefficient (Wildman–Crippen LogP) is 0.548. The number of aromatic nitrogens is 2. The molecule has 0 bridgehead atoms. The summed E-state index contributed by atoms with van der Waals surface area (Å²) in [5, 5.41) is 5.03. The van der Waals surface area contributed by atoms with Gasteiger partial charge in [-0.2, -0.15) is 0 Å². The lowest BCUT2D eigenvalue weighted by Crippen LogP contribution is -2.45. The molecule has 10 nitrogen and oxygen atoms in total. The normalized spacial score (nSPS) is 11.3. The van der Waals surface area contributed by atoms with E-state index in [9.17, 15) is 19.2 Å². The number of methoxy groups -OCH3 is 1. The summed E-state index contributed by atoms with van der Waals surface area (Å²) in [6.07, 6.45) is 2.84. The van der Waals surface area contributed by atoms with Crippen LogP contribution in [-0.2, 0) is 16.0 Å². The second-order valence-electron chi connectivity index (χ2n) is 5.61. The third kappa shape index (κ3) is 5.39. The smallest absolute Gasteiger partial charge is 0.328 e. The average Bonchev–Trinajstić information content (AvgIpc) is 3.09. The highest BCUT2D eigenvalue weighted by molar-refractivity contribution is 5.95. The minimum Gasteiger partial charge on any atom is -0.467 e. The molecular weight excluding hydrogens is 354 g/mol. The van der Waals surface area contributed by atoms with Crippen molar-refractivity contribution in [1.29, 1.82) is 0 Å². The minimum atomic E-state index is -1.00. The van der Waals surface area contributed by atoms with E-state index in [0.717, 1.165) is 0 Å². The highest BCUT2D eigenvalue weighted by Crippen LogP contribution is 2.09. The molecule has 0 aliphatic rings. The number of benzene rings is 1. The van der Waals surface area contributed by atoms with Crippen molar-refractivity contribution < 1.29 is 23.9 Å². The number of hydrogen-bond donors (Lipinski definition) is 3. The Morgan fingerprint density at radius 2 is 1.89 bits per heavy atom. The molecule has 10 heteroatoms. The van der Waals surface area contributed by atoms with Gasteiger partial charge in [0.2, 0.25) is 11.8 Å². The molecule has 0 saturated carbocycles. The van der Waals surface area contributed by atoms with Crippen LogP contribution in [0.1, 0.15) is 27.8 Å². The Hall–Kier alpha value is -3.69. The lowest BCUT2D eigenvalue weighted by atomic mass is 10.1. The van der Waals surface area contributed by atoms with E-state index in [1.54, 1.807) is 0 Å². The highest BCUT2D eigenvalue weighted by atomic mass is 16.5. The lowest BCUT2D eigenvalue weighted by Gasteiger charge is -2.16. The van der Waals surface area contributed by atoms with Crippen molar-refractivity contribution in [3.05, 3.63) is 48.0 Å². The van der Waals surface area contributed by atoms with Gasteiger partial charge in [-0.05, 0) is 24.3 Å². The van der Waals surface area contributed by atoms with Crippen molar-refractivity contribution in [3.8, 4) is 0 Å². The maximum absolute atomic E-state index is 12.2. The Balaban J connectivity index is 2.03. The molecule has 4 N–H and O–H groups in total. The molecule has 2 aromatic rings. The molecule has 3 amide bonds. The Bertz CT molecular complexity index is 859. The van der Waals surface area contributed by atoms with Crippen LogP contribution in [0.15, 0.2) is 36.8 Å². The number of amides is 3. The van der Waals surface area contributed by atoms with Gasteiger partial charge >= 0.3 is 12.0 Å². The molecule has 2 rings (SSSR count). The number of primary amides is 1. The zero-order valence-corrected chi connectivity index (χ0v) is 14.8. The number of anilines is 1.